The smallest absolute Gasteiger partial charge is 0.191 e. The molecular weight excluding hydrogens is 270 g/mol. The quantitative estimate of drug-likeness (QED) is 0.384. The first kappa shape index (κ1) is 17.5. The highest BCUT2D eigenvalue weighted by Crippen LogP contribution is 2.22. The van der Waals surface area contributed by atoms with Crippen molar-refractivity contribution in [2.75, 3.05) is 33.4 Å². The van der Waals surface area contributed by atoms with E-state index >= 15 is 0 Å². The van der Waals surface area contributed by atoms with Crippen LogP contribution >= 0.6 is 0 Å². The molecule has 0 aliphatic carbocycles. The second-order valence-electron chi connectivity index (χ2n) is 5.15. The number of guanidine groups is 1. The van der Waals surface area contributed by atoms with Crippen molar-refractivity contribution in [2.45, 2.75) is 32.8 Å². The third kappa shape index (κ3) is 6.18. The molecule has 0 fully saturated rings. The lowest BCUT2D eigenvalue weighted by Gasteiger charge is -2.19. The van der Waals surface area contributed by atoms with Gasteiger partial charge in [0.05, 0.1) is 6.54 Å². The van der Waals surface area contributed by atoms with Gasteiger partial charge in [-0.3, -0.25) is 0 Å². The molecule has 0 spiro atoms. The van der Waals surface area contributed by atoms with Crippen LogP contribution < -0.4 is 10.6 Å². The molecule has 0 bridgehead atoms. The number of hydrogen-bond donors (Lipinski definition) is 3. The normalized spacial score (nSPS) is 14.8. The first-order chi connectivity index (χ1) is 9.99. The van der Waals surface area contributed by atoms with Gasteiger partial charge in [0.25, 0.3) is 0 Å². The Morgan fingerprint density at radius 3 is 2.76 bits per heavy atom. The van der Waals surface area contributed by atoms with Crippen molar-refractivity contribution in [1.82, 2.24) is 10.6 Å². The summed E-state index contributed by atoms with van der Waals surface area (Å²) < 4.78 is 10.5. The van der Waals surface area contributed by atoms with Gasteiger partial charge in [0.15, 0.2) is 5.96 Å². The second-order valence-corrected chi connectivity index (χ2v) is 5.15. The number of aliphatic hydroxyl groups is 1. The highest BCUT2D eigenvalue weighted by molar-refractivity contribution is 5.79. The molecule has 0 saturated carbocycles. The zero-order valence-corrected chi connectivity index (χ0v) is 13.4. The van der Waals surface area contributed by atoms with E-state index in [0.717, 1.165) is 25.3 Å². The maximum Gasteiger partial charge on any atom is 0.191 e. The fourth-order valence-electron chi connectivity index (χ4n) is 1.80. The summed E-state index contributed by atoms with van der Waals surface area (Å²) in [6.07, 6.45) is 0.898. The fourth-order valence-corrected chi connectivity index (χ4v) is 1.80. The largest absolute Gasteiger partial charge is 0.463 e. The van der Waals surface area contributed by atoms with Gasteiger partial charge in [-0.05, 0) is 39.3 Å². The Bertz CT molecular complexity index is 441. The van der Waals surface area contributed by atoms with Crippen molar-refractivity contribution >= 4 is 5.96 Å². The number of nitrogens with one attached hydrogen (secondary N) is 2. The summed E-state index contributed by atoms with van der Waals surface area (Å²) in [6.45, 7) is 8.00. The second kappa shape index (κ2) is 8.69. The molecule has 1 heterocycles. The predicted octanol–water partition coefficient (Wildman–Crippen LogP) is 1.39. The van der Waals surface area contributed by atoms with E-state index < -0.39 is 5.60 Å². The van der Waals surface area contributed by atoms with Crippen LogP contribution in [0.1, 0.15) is 31.8 Å². The first-order valence-corrected chi connectivity index (χ1v) is 7.30. The molecule has 6 nitrogen and oxygen atoms in total. The van der Waals surface area contributed by atoms with Gasteiger partial charge in [-0.1, -0.05) is 0 Å². The Hall–Kier alpha value is -1.53. The summed E-state index contributed by atoms with van der Waals surface area (Å²) in [5.74, 6) is 1.98. The number of aryl methyl sites for hydroxylation is 1. The zero-order valence-electron chi connectivity index (χ0n) is 13.4. The molecule has 21 heavy (non-hydrogen) atoms. The molecule has 0 saturated heterocycles. The molecule has 0 aliphatic rings. The SMILES string of the molecule is CCNC(=NCC(C)(O)c1ccc(C)o1)NCCCOC. The van der Waals surface area contributed by atoms with E-state index in [1.165, 1.54) is 0 Å². The van der Waals surface area contributed by atoms with E-state index in [0.29, 0.717) is 18.3 Å². The monoisotopic (exact) mass is 297 g/mol. The fraction of sp³-hybridized carbons (Fsp3) is 0.667. The topological polar surface area (TPSA) is 79.0 Å². The minimum atomic E-state index is -1.12. The third-order valence-corrected chi connectivity index (χ3v) is 2.98. The van der Waals surface area contributed by atoms with Gasteiger partial charge in [0.1, 0.15) is 17.1 Å². The van der Waals surface area contributed by atoms with Crippen LogP contribution in [0.25, 0.3) is 0 Å². The van der Waals surface area contributed by atoms with Crippen molar-refractivity contribution < 1.29 is 14.3 Å². The first-order valence-electron chi connectivity index (χ1n) is 7.30. The van der Waals surface area contributed by atoms with Crippen LogP contribution in [0.2, 0.25) is 0 Å². The van der Waals surface area contributed by atoms with Crippen molar-refractivity contribution in [1.29, 1.82) is 0 Å². The van der Waals surface area contributed by atoms with Crippen LogP contribution in [0.5, 0.6) is 0 Å². The van der Waals surface area contributed by atoms with Gasteiger partial charge in [-0.15, -0.1) is 0 Å². The zero-order chi connectivity index (χ0) is 15.7. The number of nitrogens with zero attached hydrogens (tertiary/aromatic N) is 1. The van der Waals surface area contributed by atoms with E-state index in [2.05, 4.69) is 15.6 Å². The Morgan fingerprint density at radius 1 is 1.43 bits per heavy atom. The maximum atomic E-state index is 10.4. The Kier molecular flexibility index (Phi) is 7.25. The van der Waals surface area contributed by atoms with Crippen molar-refractivity contribution in [3.05, 3.63) is 23.7 Å². The number of furan rings is 1. The summed E-state index contributed by atoms with van der Waals surface area (Å²) in [5, 5.41) is 16.8. The van der Waals surface area contributed by atoms with Gasteiger partial charge < -0.3 is 24.9 Å². The number of aliphatic imine (C=N–C) groups is 1. The summed E-state index contributed by atoms with van der Waals surface area (Å²) >= 11 is 0. The molecule has 0 aromatic carbocycles. The summed E-state index contributed by atoms with van der Waals surface area (Å²) in [4.78, 5) is 4.41. The van der Waals surface area contributed by atoms with Crippen LogP contribution in [0.4, 0.5) is 0 Å². The van der Waals surface area contributed by atoms with Crippen LogP contribution in [-0.2, 0) is 10.3 Å². The van der Waals surface area contributed by atoms with E-state index in [4.69, 9.17) is 9.15 Å². The molecule has 0 amide bonds. The van der Waals surface area contributed by atoms with Gasteiger partial charge in [0, 0.05) is 26.8 Å². The summed E-state index contributed by atoms with van der Waals surface area (Å²) in [5.41, 5.74) is -1.12. The van der Waals surface area contributed by atoms with E-state index in [1.807, 2.05) is 19.9 Å². The van der Waals surface area contributed by atoms with E-state index in [1.54, 1.807) is 20.1 Å². The van der Waals surface area contributed by atoms with Crippen molar-refractivity contribution in [2.24, 2.45) is 4.99 Å². The highest BCUT2D eigenvalue weighted by atomic mass is 16.5. The lowest BCUT2D eigenvalue weighted by atomic mass is 10.0. The molecule has 1 rings (SSSR count). The molecule has 0 radical (unpaired) electrons. The Morgan fingerprint density at radius 2 is 2.19 bits per heavy atom. The van der Waals surface area contributed by atoms with Crippen LogP contribution in [0, 0.1) is 6.92 Å². The van der Waals surface area contributed by atoms with Crippen LogP contribution in [0.3, 0.4) is 0 Å². The van der Waals surface area contributed by atoms with Gasteiger partial charge in [0.2, 0.25) is 0 Å². The van der Waals surface area contributed by atoms with Gasteiger partial charge >= 0.3 is 0 Å². The average Bonchev–Trinajstić information content (AvgIpc) is 2.88. The number of ether oxygens (including phenoxy) is 1. The molecule has 1 unspecified atom stereocenters. The standard InChI is InChI=1S/C15H27N3O3/c1-5-16-14(17-9-6-10-20-4)18-11-15(3,19)13-8-7-12(2)21-13/h7-8,19H,5-6,9-11H2,1-4H3,(H2,16,17,18). The lowest BCUT2D eigenvalue weighted by Crippen LogP contribution is -2.39. The number of methoxy groups -OCH3 is 1. The molecule has 3 N–H and O–H groups in total. The minimum absolute atomic E-state index is 0.222. The highest BCUT2D eigenvalue weighted by Gasteiger charge is 2.26. The molecule has 1 atom stereocenters. The molecule has 1 aromatic rings. The van der Waals surface area contributed by atoms with Crippen LogP contribution in [0.15, 0.2) is 21.5 Å². The third-order valence-electron chi connectivity index (χ3n) is 2.98. The summed E-state index contributed by atoms with van der Waals surface area (Å²) in [6, 6.07) is 3.62. The maximum absolute atomic E-state index is 10.4. The summed E-state index contributed by atoms with van der Waals surface area (Å²) in [7, 11) is 1.68. The molecule has 1 aromatic heterocycles. The molecule has 0 aliphatic heterocycles. The lowest BCUT2D eigenvalue weighted by molar-refractivity contribution is 0.0428. The van der Waals surface area contributed by atoms with Crippen molar-refractivity contribution in [3.8, 4) is 0 Å². The Balaban J connectivity index is 2.59. The Labute approximate surface area is 126 Å². The van der Waals surface area contributed by atoms with E-state index in [-0.39, 0.29) is 6.54 Å². The van der Waals surface area contributed by atoms with Crippen LogP contribution in [-0.4, -0.2) is 44.4 Å². The van der Waals surface area contributed by atoms with Gasteiger partial charge in [-0.25, -0.2) is 4.99 Å². The average molecular weight is 297 g/mol. The van der Waals surface area contributed by atoms with Crippen molar-refractivity contribution in [3.63, 3.8) is 0 Å². The minimum Gasteiger partial charge on any atom is -0.463 e. The number of rotatable bonds is 8. The van der Waals surface area contributed by atoms with Gasteiger partial charge in [-0.2, -0.15) is 0 Å². The number of hydrogen-bond acceptors (Lipinski definition) is 4. The molecule has 6 heteroatoms. The molecule has 120 valence electrons. The molecular formula is C15H27N3O3. The predicted molar refractivity (Wildman–Crippen MR) is 83.5 cm³/mol. The van der Waals surface area contributed by atoms with E-state index in [9.17, 15) is 5.11 Å².